The molecule has 1 aromatic rings. The van der Waals surface area contributed by atoms with Gasteiger partial charge in [0.1, 0.15) is 10.9 Å². The summed E-state index contributed by atoms with van der Waals surface area (Å²) in [5.41, 5.74) is 0.664. The van der Waals surface area contributed by atoms with E-state index in [0.717, 1.165) is 11.5 Å². The quantitative estimate of drug-likeness (QED) is 0.841. The third-order valence-electron chi connectivity index (χ3n) is 2.26. The Labute approximate surface area is 104 Å². The molecule has 1 heterocycles. The van der Waals surface area contributed by atoms with Gasteiger partial charge in [0.15, 0.2) is 0 Å². The Hall–Kier alpha value is -1.50. The molecule has 0 aliphatic carbocycles. The van der Waals surface area contributed by atoms with Crippen LogP contribution in [0.25, 0.3) is 0 Å². The van der Waals surface area contributed by atoms with Crippen molar-refractivity contribution in [2.75, 3.05) is 14.1 Å². The zero-order valence-corrected chi connectivity index (χ0v) is 11.2. The molecule has 1 aromatic heterocycles. The highest BCUT2D eigenvalue weighted by molar-refractivity contribution is 7.08. The van der Waals surface area contributed by atoms with Gasteiger partial charge in [0, 0.05) is 14.1 Å². The molecular formula is C10H16N4O2S. The molecule has 2 amide bonds. The highest BCUT2D eigenvalue weighted by Gasteiger charge is 2.21. The van der Waals surface area contributed by atoms with Crippen LogP contribution in [-0.2, 0) is 11.2 Å². The molecule has 1 atom stereocenters. The zero-order valence-electron chi connectivity index (χ0n) is 10.4. The molecule has 1 N–H and O–H groups in total. The monoisotopic (exact) mass is 256 g/mol. The first-order chi connectivity index (χ1) is 7.97. The van der Waals surface area contributed by atoms with E-state index in [4.69, 9.17) is 0 Å². The summed E-state index contributed by atoms with van der Waals surface area (Å²) < 4.78 is 3.74. The molecule has 0 saturated carbocycles. The third kappa shape index (κ3) is 3.23. The second-order valence-corrected chi connectivity index (χ2v) is 4.58. The summed E-state index contributed by atoms with van der Waals surface area (Å²) in [5, 5.41) is 6.49. The highest BCUT2D eigenvalue weighted by atomic mass is 32.1. The van der Waals surface area contributed by atoms with Gasteiger partial charge < -0.3 is 10.2 Å². The number of rotatable bonds is 4. The molecule has 0 aliphatic heterocycles. The van der Waals surface area contributed by atoms with E-state index in [1.165, 1.54) is 4.90 Å². The van der Waals surface area contributed by atoms with E-state index in [1.54, 1.807) is 21.0 Å². The number of hydrogen-bond acceptors (Lipinski definition) is 5. The molecule has 0 aromatic carbocycles. The Bertz CT molecular complexity index is 416. The van der Waals surface area contributed by atoms with Crippen LogP contribution in [0.1, 0.15) is 29.2 Å². The van der Waals surface area contributed by atoms with E-state index < -0.39 is 6.04 Å². The maximum absolute atomic E-state index is 11.9. The lowest BCUT2D eigenvalue weighted by molar-refractivity contribution is -0.130. The van der Waals surface area contributed by atoms with Gasteiger partial charge in [-0.15, -0.1) is 5.10 Å². The van der Waals surface area contributed by atoms with Crippen molar-refractivity contribution in [2.45, 2.75) is 26.3 Å². The van der Waals surface area contributed by atoms with Crippen molar-refractivity contribution < 1.29 is 9.59 Å². The number of nitrogens with one attached hydrogen (secondary N) is 1. The predicted molar refractivity (Wildman–Crippen MR) is 64.9 cm³/mol. The normalized spacial score (nSPS) is 12.0. The molecule has 1 rings (SSSR count). The van der Waals surface area contributed by atoms with Crippen LogP contribution in [0.4, 0.5) is 0 Å². The summed E-state index contributed by atoms with van der Waals surface area (Å²) in [6, 6.07) is -0.552. The molecule has 6 nitrogen and oxygen atoms in total. The van der Waals surface area contributed by atoms with Gasteiger partial charge in [0.2, 0.25) is 5.91 Å². The van der Waals surface area contributed by atoms with Crippen molar-refractivity contribution >= 4 is 23.3 Å². The van der Waals surface area contributed by atoms with Crippen LogP contribution in [-0.4, -0.2) is 46.4 Å². The average Bonchev–Trinajstić information content (AvgIpc) is 2.75. The zero-order chi connectivity index (χ0) is 13.0. The first-order valence-corrected chi connectivity index (χ1v) is 6.08. The second kappa shape index (κ2) is 5.72. The van der Waals surface area contributed by atoms with Crippen LogP contribution in [0.3, 0.4) is 0 Å². The maximum atomic E-state index is 11.9. The van der Waals surface area contributed by atoms with E-state index in [9.17, 15) is 9.59 Å². The molecule has 0 fully saturated rings. The minimum atomic E-state index is -0.552. The molecule has 0 spiro atoms. The van der Waals surface area contributed by atoms with Gasteiger partial charge in [-0.2, -0.15) is 0 Å². The largest absolute Gasteiger partial charge is 0.347 e. The molecule has 1 unspecified atom stereocenters. The van der Waals surface area contributed by atoms with Gasteiger partial charge in [-0.05, 0) is 24.9 Å². The number of amides is 2. The number of carbonyl (C=O) groups is 2. The van der Waals surface area contributed by atoms with Crippen molar-refractivity contribution in [3.05, 3.63) is 10.6 Å². The van der Waals surface area contributed by atoms with Gasteiger partial charge >= 0.3 is 0 Å². The van der Waals surface area contributed by atoms with Crippen molar-refractivity contribution in [3.8, 4) is 0 Å². The lowest BCUT2D eigenvalue weighted by Gasteiger charge is -2.17. The van der Waals surface area contributed by atoms with Crippen LogP contribution in [0.15, 0.2) is 0 Å². The smallest absolute Gasteiger partial charge is 0.265 e. The van der Waals surface area contributed by atoms with Crippen LogP contribution in [0.5, 0.6) is 0 Å². The Morgan fingerprint density at radius 1 is 1.47 bits per heavy atom. The maximum Gasteiger partial charge on any atom is 0.265 e. The third-order valence-corrected chi connectivity index (χ3v) is 3.02. The Morgan fingerprint density at radius 3 is 2.65 bits per heavy atom. The molecule has 94 valence electrons. The number of hydrogen-bond donors (Lipinski definition) is 1. The molecule has 17 heavy (non-hydrogen) atoms. The Morgan fingerprint density at radius 2 is 2.12 bits per heavy atom. The number of aryl methyl sites for hydroxylation is 1. The summed E-state index contributed by atoms with van der Waals surface area (Å²) in [5.74, 6) is -0.437. The standard InChI is InChI=1S/C10H16N4O2S/c1-5-7-8(17-13-12-7)9(15)11-6(2)10(16)14(3)4/h6H,5H2,1-4H3,(H,11,15). The van der Waals surface area contributed by atoms with E-state index in [1.807, 2.05) is 6.92 Å². The summed E-state index contributed by atoms with van der Waals surface area (Å²) in [4.78, 5) is 25.4. The summed E-state index contributed by atoms with van der Waals surface area (Å²) in [6.07, 6.45) is 0.648. The molecule has 0 aliphatic rings. The number of nitrogens with zero attached hydrogens (tertiary/aromatic N) is 3. The van der Waals surface area contributed by atoms with Gasteiger partial charge in [0.05, 0.1) is 5.69 Å². The van der Waals surface area contributed by atoms with Crippen molar-refractivity contribution in [1.82, 2.24) is 19.8 Å². The fraction of sp³-hybridized carbons (Fsp3) is 0.600. The summed E-state index contributed by atoms with van der Waals surface area (Å²) in [7, 11) is 3.30. The average molecular weight is 256 g/mol. The molecular weight excluding hydrogens is 240 g/mol. The van der Waals surface area contributed by atoms with Gasteiger partial charge in [-0.25, -0.2) is 0 Å². The fourth-order valence-electron chi connectivity index (χ4n) is 1.32. The van der Waals surface area contributed by atoms with Crippen LogP contribution >= 0.6 is 11.5 Å². The fourth-order valence-corrected chi connectivity index (χ4v) is 1.98. The predicted octanol–water partition coefficient (Wildman–Crippen LogP) is 0.307. The lowest BCUT2D eigenvalue weighted by Crippen LogP contribution is -2.44. The topological polar surface area (TPSA) is 75.2 Å². The molecule has 0 bridgehead atoms. The molecule has 0 radical (unpaired) electrons. The summed E-state index contributed by atoms with van der Waals surface area (Å²) in [6.45, 7) is 3.56. The van der Waals surface area contributed by atoms with Crippen molar-refractivity contribution in [2.24, 2.45) is 0 Å². The van der Waals surface area contributed by atoms with Crippen LogP contribution in [0, 0.1) is 0 Å². The molecule has 0 saturated heterocycles. The first-order valence-electron chi connectivity index (χ1n) is 5.30. The van der Waals surface area contributed by atoms with E-state index in [0.29, 0.717) is 17.0 Å². The van der Waals surface area contributed by atoms with Crippen LogP contribution in [0.2, 0.25) is 0 Å². The van der Waals surface area contributed by atoms with Gasteiger partial charge in [-0.3, -0.25) is 9.59 Å². The number of likely N-dealkylation sites (N-methyl/N-ethyl adjacent to an activating group) is 1. The van der Waals surface area contributed by atoms with Gasteiger partial charge in [0.25, 0.3) is 5.91 Å². The number of aromatic nitrogens is 2. The highest BCUT2D eigenvalue weighted by Crippen LogP contribution is 2.11. The van der Waals surface area contributed by atoms with E-state index >= 15 is 0 Å². The minimum absolute atomic E-state index is 0.145. The molecule has 7 heteroatoms. The Balaban J connectivity index is 2.70. The second-order valence-electron chi connectivity index (χ2n) is 3.83. The lowest BCUT2D eigenvalue weighted by atomic mass is 10.2. The minimum Gasteiger partial charge on any atom is -0.347 e. The van der Waals surface area contributed by atoms with Gasteiger partial charge in [-0.1, -0.05) is 11.4 Å². The van der Waals surface area contributed by atoms with E-state index in [-0.39, 0.29) is 11.8 Å². The number of carbonyl (C=O) groups excluding carboxylic acids is 2. The Kier molecular flexibility index (Phi) is 4.56. The summed E-state index contributed by atoms with van der Waals surface area (Å²) >= 11 is 1.05. The van der Waals surface area contributed by atoms with Crippen LogP contribution < -0.4 is 5.32 Å². The van der Waals surface area contributed by atoms with E-state index in [2.05, 4.69) is 14.9 Å². The van der Waals surface area contributed by atoms with Crippen molar-refractivity contribution in [1.29, 1.82) is 0 Å². The van der Waals surface area contributed by atoms with Crippen molar-refractivity contribution in [3.63, 3.8) is 0 Å². The SMILES string of the molecule is CCc1nnsc1C(=O)NC(C)C(=O)N(C)C. The first kappa shape index (κ1) is 13.6.